The summed E-state index contributed by atoms with van der Waals surface area (Å²) in [5, 5.41) is 10.4. The minimum absolute atomic E-state index is 0.0333. The molecule has 3 aromatic rings. The van der Waals surface area contributed by atoms with Crippen molar-refractivity contribution in [2.75, 3.05) is 7.11 Å². The maximum absolute atomic E-state index is 13.0. The highest BCUT2D eigenvalue weighted by atomic mass is 32.2. The third-order valence-electron chi connectivity index (χ3n) is 5.66. The summed E-state index contributed by atoms with van der Waals surface area (Å²) in [6.45, 7) is 3.87. The van der Waals surface area contributed by atoms with E-state index in [1.54, 1.807) is 18.2 Å². The Bertz CT molecular complexity index is 1370. The number of esters is 1. The van der Waals surface area contributed by atoms with Crippen LogP contribution < -0.4 is 0 Å². The number of imide groups is 1. The first kappa shape index (κ1) is 24.0. The van der Waals surface area contributed by atoms with E-state index in [-0.39, 0.29) is 12.2 Å². The van der Waals surface area contributed by atoms with Crippen LogP contribution in [0.3, 0.4) is 0 Å². The molecule has 0 aliphatic carbocycles. The molecule has 1 aliphatic rings. The fourth-order valence-corrected chi connectivity index (χ4v) is 4.71. The number of aryl methyl sites for hydroxylation is 1. The summed E-state index contributed by atoms with van der Waals surface area (Å²) < 4.78 is 6.74. The van der Waals surface area contributed by atoms with Crippen molar-refractivity contribution in [3.05, 3.63) is 97.7 Å². The lowest BCUT2D eigenvalue weighted by atomic mass is 10.2. The van der Waals surface area contributed by atoms with Crippen LogP contribution in [0.25, 0.3) is 11.8 Å². The number of amides is 2. The normalized spacial score (nSPS) is 14.6. The summed E-state index contributed by atoms with van der Waals surface area (Å²) in [5.41, 5.74) is 4.44. The van der Waals surface area contributed by atoms with E-state index in [1.165, 1.54) is 31.4 Å². The third kappa shape index (κ3) is 4.73. The number of nitrogens with zero attached hydrogens (tertiary/aromatic N) is 3. The summed E-state index contributed by atoms with van der Waals surface area (Å²) in [5.74, 6) is -0.826. The molecule has 178 valence electrons. The van der Waals surface area contributed by atoms with E-state index < -0.39 is 22.0 Å². The smallest absolute Gasteiger partial charge is 0.337 e. The average Bonchev–Trinajstić information content (AvgIpc) is 3.27. The first-order valence-corrected chi connectivity index (χ1v) is 11.4. The number of thioether (sulfide) groups is 1. The second kappa shape index (κ2) is 9.59. The highest BCUT2D eigenvalue weighted by molar-refractivity contribution is 8.18. The van der Waals surface area contributed by atoms with Gasteiger partial charge in [0.2, 0.25) is 0 Å². The van der Waals surface area contributed by atoms with Gasteiger partial charge in [0.05, 0.1) is 29.0 Å². The minimum Gasteiger partial charge on any atom is -0.465 e. The molecule has 2 aromatic carbocycles. The summed E-state index contributed by atoms with van der Waals surface area (Å²) in [6, 6.07) is 14.7. The van der Waals surface area contributed by atoms with Crippen LogP contribution in [0.5, 0.6) is 0 Å². The molecule has 0 spiro atoms. The van der Waals surface area contributed by atoms with Crippen LogP contribution in [0.4, 0.5) is 10.5 Å². The molecule has 1 fully saturated rings. The number of aromatic nitrogens is 1. The molecule has 10 heteroatoms. The van der Waals surface area contributed by atoms with E-state index in [0.29, 0.717) is 16.0 Å². The van der Waals surface area contributed by atoms with E-state index in [0.717, 1.165) is 39.3 Å². The number of hydrogen-bond acceptors (Lipinski definition) is 7. The monoisotopic (exact) mass is 491 g/mol. The first-order valence-electron chi connectivity index (χ1n) is 10.6. The van der Waals surface area contributed by atoms with Crippen molar-refractivity contribution in [1.29, 1.82) is 0 Å². The lowest BCUT2D eigenvalue weighted by Gasteiger charge is -2.12. The van der Waals surface area contributed by atoms with Gasteiger partial charge in [-0.3, -0.25) is 24.6 Å². The van der Waals surface area contributed by atoms with Gasteiger partial charge in [0.1, 0.15) is 0 Å². The molecule has 1 aromatic heterocycles. The molecule has 9 nitrogen and oxygen atoms in total. The van der Waals surface area contributed by atoms with Crippen LogP contribution in [0.15, 0.2) is 59.5 Å². The van der Waals surface area contributed by atoms with Crippen molar-refractivity contribution in [2.45, 2.75) is 20.4 Å². The van der Waals surface area contributed by atoms with Crippen molar-refractivity contribution in [3.8, 4) is 5.69 Å². The van der Waals surface area contributed by atoms with Crippen molar-refractivity contribution in [2.24, 2.45) is 0 Å². The van der Waals surface area contributed by atoms with E-state index in [9.17, 15) is 24.5 Å². The number of carbonyl (C=O) groups is 3. The highest BCUT2D eigenvalue weighted by Crippen LogP contribution is 2.35. The van der Waals surface area contributed by atoms with E-state index in [1.807, 2.05) is 36.6 Å². The van der Waals surface area contributed by atoms with Crippen LogP contribution in [0.2, 0.25) is 0 Å². The van der Waals surface area contributed by atoms with Crippen molar-refractivity contribution in [3.63, 3.8) is 0 Å². The molecule has 2 amide bonds. The minimum atomic E-state index is -0.503. The summed E-state index contributed by atoms with van der Waals surface area (Å²) in [7, 11) is 1.33. The predicted molar refractivity (Wildman–Crippen MR) is 131 cm³/mol. The van der Waals surface area contributed by atoms with Gasteiger partial charge >= 0.3 is 5.97 Å². The Kier molecular flexibility index (Phi) is 6.57. The van der Waals surface area contributed by atoms with Gasteiger partial charge in [-0.2, -0.15) is 0 Å². The molecule has 0 radical (unpaired) electrons. The number of nitro benzene ring substituents is 1. The number of nitro groups is 1. The van der Waals surface area contributed by atoms with Crippen LogP contribution in [0.1, 0.15) is 32.9 Å². The largest absolute Gasteiger partial charge is 0.465 e. The SMILES string of the molecule is COC(=O)c1ccc(-n2c(C)cc(/C=C3\SC(=O)N(Cc4ccc([N+](=O)[O-])cc4)C3=O)c2C)cc1. The Morgan fingerprint density at radius 3 is 2.34 bits per heavy atom. The molecule has 4 rings (SSSR count). The Morgan fingerprint density at radius 1 is 1.09 bits per heavy atom. The van der Waals surface area contributed by atoms with Gasteiger partial charge in [0, 0.05) is 29.2 Å². The molecule has 0 atom stereocenters. The van der Waals surface area contributed by atoms with Crippen LogP contribution >= 0.6 is 11.8 Å². The maximum Gasteiger partial charge on any atom is 0.337 e. The van der Waals surface area contributed by atoms with E-state index in [4.69, 9.17) is 4.74 Å². The number of hydrogen-bond donors (Lipinski definition) is 0. The van der Waals surface area contributed by atoms with Crippen molar-refractivity contribution < 1.29 is 24.0 Å². The first-order chi connectivity index (χ1) is 16.7. The second-order valence-corrected chi connectivity index (χ2v) is 8.88. The Hall–Kier alpha value is -4.18. The molecule has 35 heavy (non-hydrogen) atoms. The zero-order valence-electron chi connectivity index (χ0n) is 19.2. The molecule has 1 aliphatic heterocycles. The van der Waals surface area contributed by atoms with E-state index >= 15 is 0 Å². The van der Waals surface area contributed by atoms with Crippen molar-refractivity contribution >= 4 is 40.6 Å². The van der Waals surface area contributed by atoms with Gasteiger partial charge in [-0.25, -0.2) is 4.79 Å². The topological polar surface area (TPSA) is 112 Å². The maximum atomic E-state index is 13.0. The molecular weight excluding hydrogens is 470 g/mol. The molecule has 1 saturated heterocycles. The summed E-state index contributed by atoms with van der Waals surface area (Å²) in [6.07, 6.45) is 1.70. The third-order valence-corrected chi connectivity index (χ3v) is 6.57. The van der Waals surface area contributed by atoms with Crippen molar-refractivity contribution in [1.82, 2.24) is 9.47 Å². The van der Waals surface area contributed by atoms with Crippen LogP contribution in [-0.2, 0) is 16.1 Å². The number of methoxy groups -OCH3 is 1. The highest BCUT2D eigenvalue weighted by Gasteiger charge is 2.35. The molecule has 0 saturated carbocycles. The van der Waals surface area contributed by atoms with Crippen LogP contribution in [-0.4, -0.2) is 38.6 Å². The molecular formula is C25H21N3O6S. The quantitative estimate of drug-likeness (QED) is 0.206. The second-order valence-electron chi connectivity index (χ2n) is 7.89. The number of carbonyl (C=O) groups excluding carboxylic acids is 3. The number of ether oxygens (including phenoxy) is 1. The molecule has 0 unspecified atom stereocenters. The van der Waals surface area contributed by atoms with Gasteiger partial charge in [-0.05, 0) is 73.1 Å². The van der Waals surface area contributed by atoms with E-state index in [2.05, 4.69) is 0 Å². The summed E-state index contributed by atoms with van der Waals surface area (Å²) in [4.78, 5) is 49.0. The van der Waals surface area contributed by atoms with Gasteiger partial charge in [-0.1, -0.05) is 12.1 Å². The number of benzene rings is 2. The lowest BCUT2D eigenvalue weighted by molar-refractivity contribution is -0.384. The molecule has 0 bridgehead atoms. The van der Waals surface area contributed by atoms with Gasteiger partial charge in [0.25, 0.3) is 16.8 Å². The Labute approximate surface area is 205 Å². The van der Waals surface area contributed by atoms with Gasteiger partial charge in [-0.15, -0.1) is 0 Å². The molecule has 2 heterocycles. The van der Waals surface area contributed by atoms with Gasteiger partial charge in [0.15, 0.2) is 0 Å². The average molecular weight is 492 g/mol. The fourth-order valence-electron chi connectivity index (χ4n) is 3.88. The standard InChI is InChI=1S/C25H21N3O6S/c1-15-12-19(16(2)27(15)20-10-6-18(7-11-20)24(30)34-3)13-22-23(29)26(25(31)35-22)14-17-4-8-21(9-5-17)28(32)33/h4-13H,14H2,1-3H3/b22-13-. The molecule has 0 N–H and O–H groups in total. The number of rotatable bonds is 6. The number of non-ortho nitro benzene ring substituents is 1. The Balaban J connectivity index is 1.57. The lowest BCUT2D eigenvalue weighted by Crippen LogP contribution is -2.27. The van der Waals surface area contributed by atoms with Gasteiger partial charge < -0.3 is 9.30 Å². The fraction of sp³-hybridized carbons (Fsp3) is 0.160. The zero-order valence-corrected chi connectivity index (χ0v) is 20.0. The van der Waals surface area contributed by atoms with Crippen LogP contribution in [0, 0.1) is 24.0 Å². The Morgan fingerprint density at radius 2 is 1.74 bits per heavy atom. The zero-order chi connectivity index (χ0) is 25.3. The predicted octanol–water partition coefficient (Wildman–Crippen LogP) is 5.03. The summed E-state index contributed by atoms with van der Waals surface area (Å²) >= 11 is 0.861.